The fraction of sp³-hybridized carbons (Fsp3) is 0.0690. The van der Waals surface area contributed by atoms with E-state index in [0.29, 0.717) is 10.7 Å². The van der Waals surface area contributed by atoms with Crippen molar-refractivity contribution in [1.29, 1.82) is 0 Å². The summed E-state index contributed by atoms with van der Waals surface area (Å²) in [5.41, 5.74) is 4.55. The van der Waals surface area contributed by atoms with Gasteiger partial charge in [-0.25, -0.2) is 4.98 Å². The highest BCUT2D eigenvalue weighted by molar-refractivity contribution is 9.10. The molecule has 0 bridgehead atoms. The summed E-state index contributed by atoms with van der Waals surface area (Å²) in [4.78, 5) is 18.3. The number of amides is 1. The van der Waals surface area contributed by atoms with Gasteiger partial charge >= 0.3 is 0 Å². The van der Waals surface area contributed by atoms with E-state index in [2.05, 4.69) is 38.1 Å². The van der Waals surface area contributed by atoms with Crippen LogP contribution in [0.15, 0.2) is 107 Å². The summed E-state index contributed by atoms with van der Waals surface area (Å²) in [5.74, 6) is 0.489. The second kappa shape index (κ2) is 10.8. The number of anilines is 1. The van der Waals surface area contributed by atoms with Gasteiger partial charge in [0.2, 0.25) is 5.13 Å². The number of hydrazone groups is 1. The first-order valence-corrected chi connectivity index (χ1v) is 12.9. The van der Waals surface area contributed by atoms with Gasteiger partial charge < -0.3 is 4.74 Å². The Balaban J connectivity index is 1.46. The molecule has 36 heavy (non-hydrogen) atoms. The van der Waals surface area contributed by atoms with E-state index in [4.69, 9.17) is 4.74 Å². The lowest BCUT2D eigenvalue weighted by molar-refractivity contribution is 0.0988. The molecular formula is C29H22BrN3O2S. The van der Waals surface area contributed by atoms with Crippen LogP contribution in [-0.4, -0.2) is 24.2 Å². The van der Waals surface area contributed by atoms with Crippen LogP contribution in [0.5, 0.6) is 5.75 Å². The average molecular weight is 556 g/mol. The van der Waals surface area contributed by atoms with E-state index in [0.717, 1.165) is 38.0 Å². The fourth-order valence-corrected chi connectivity index (χ4v) is 4.91. The van der Waals surface area contributed by atoms with Gasteiger partial charge in [0.15, 0.2) is 0 Å². The largest absolute Gasteiger partial charge is 0.497 e. The number of carbonyl (C=O) groups excluding carboxylic acids is 1. The Morgan fingerprint density at radius 3 is 2.42 bits per heavy atom. The zero-order valence-electron chi connectivity index (χ0n) is 19.5. The third-order valence-electron chi connectivity index (χ3n) is 5.60. The van der Waals surface area contributed by atoms with Crippen LogP contribution in [0.1, 0.15) is 27.0 Å². The summed E-state index contributed by atoms with van der Waals surface area (Å²) in [6.07, 6.45) is 2.47. The first-order chi connectivity index (χ1) is 17.6. The number of rotatable bonds is 7. The number of carbonyl (C=O) groups is 1. The molecule has 0 aliphatic rings. The highest BCUT2D eigenvalue weighted by Gasteiger charge is 2.21. The quantitative estimate of drug-likeness (QED) is 0.156. The van der Waals surface area contributed by atoms with Gasteiger partial charge in [0.25, 0.3) is 5.91 Å². The molecule has 0 spiro atoms. The molecule has 4 aromatic carbocycles. The van der Waals surface area contributed by atoms with Gasteiger partial charge in [-0.1, -0.05) is 81.9 Å². The van der Waals surface area contributed by atoms with Gasteiger partial charge in [-0.05, 0) is 65.6 Å². The number of thiazole rings is 1. The molecule has 5 nitrogen and oxygen atoms in total. The van der Waals surface area contributed by atoms with E-state index in [1.54, 1.807) is 13.3 Å². The Hall–Kier alpha value is -3.81. The molecule has 7 heteroatoms. The van der Waals surface area contributed by atoms with Gasteiger partial charge in [0.05, 0.1) is 23.5 Å². The maximum atomic E-state index is 13.6. The van der Waals surface area contributed by atoms with Crippen molar-refractivity contribution in [2.45, 2.75) is 6.42 Å². The number of ether oxygens (including phenoxy) is 1. The number of benzene rings is 4. The normalized spacial score (nSPS) is 11.2. The number of fused-ring (bicyclic) bond motifs is 1. The molecule has 1 aromatic heterocycles. The number of nitrogens with zero attached hydrogens (tertiary/aromatic N) is 3. The van der Waals surface area contributed by atoms with E-state index in [1.165, 1.54) is 21.9 Å². The maximum absolute atomic E-state index is 13.6. The number of methoxy groups -OCH3 is 1. The predicted octanol–water partition coefficient (Wildman–Crippen LogP) is 7.34. The molecule has 0 radical (unpaired) electrons. The highest BCUT2D eigenvalue weighted by Crippen LogP contribution is 2.32. The molecule has 178 valence electrons. The molecule has 0 aliphatic carbocycles. The van der Waals surface area contributed by atoms with Crippen molar-refractivity contribution < 1.29 is 9.53 Å². The van der Waals surface area contributed by atoms with Crippen LogP contribution in [-0.2, 0) is 6.42 Å². The summed E-state index contributed by atoms with van der Waals surface area (Å²) in [6, 6.07) is 31.3. The van der Waals surface area contributed by atoms with Crippen molar-refractivity contribution >= 4 is 54.7 Å². The molecule has 0 N–H and O–H groups in total. The lowest BCUT2D eigenvalue weighted by Gasteiger charge is -2.14. The first kappa shape index (κ1) is 23.9. The standard InChI is InChI=1S/C29H22BrN3O2S/c1-35-25-15-16-26-27(18-25)36-29(32-26)33(31-19-22-9-13-24(30)14-10-22)28(34)23-11-7-21(8-12-23)17-20-5-3-2-4-6-20/h2-16,18-19H,17H2,1H3/b31-19+. The van der Waals surface area contributed by atoms with Crippen LogP contribution in [0.4, 0.5) is 5.13 Å². The Kier molecular flexibility index (Phi) is 7.21. The summed E-state index contributed by atoms with van der Waals surface area (Å²) >= 11 is 4.84. The molecular weight excluding hydrogens is 534 g/mol. The van der Waals surface area contributed by atoms with Crippen molar-refractivity contribution in [3.8, 4) is 5.75 Å². The molecule has 1 amide bonds. The molecule has 1 heterocycles. The second-order valence-electron chi connectivity index (χ2n) is 8.10. The van der Waals surface area contributed by atoms with E-state index >= 15 is 0 Å². The third-order valence-corrected chi connectivity index (χ3v) is 7.12. The van der Waals surface area contributed by atoms with Gasteiger partial charge in [-0.2, -0.15) is 10.1 Å². The topological polar surface area (TPSA) is 54.8 Å². The van der Waals surface area contributed by atoms with Crippen molar-refractivity contribution in [2.24, 2.45) is 5.10 Å². The van der Waals surface area contributed by atoms with Crippen LogP contribution in [0, 0.1) is 0 Å². The van der Waals surface area contributed by atoms with Crippen LogP contribution in [0.3, 0.4) is 0 Å². The summed E-state index contributed by atoms with van der Waals surface area (Å²) in [7, 11) is 1.63. The molecule has 5 rings (SSSR count). The highest BCUT2D eigenvalue weighted by atomic mass is 79.9. The molecule has 0 aliphatic heterocycles. The average Bonchev–Trinajstić information content (AvgIpc) is 3.33. The lowest BCUT2D eigenvalue weighted by atomic mass is 10.0. The zero-order chi connectivity index (χ0) is 24.9. The number of aromatic nitrogens is 1. The van der Waals surface area contributed by atoms with E-state index in [-0.39, 0.29) is 5.91 Å². The summed E-state index contributed by atoms with van der Waals surface area (Å²) in [5, 5.41) is 6.42. The van der Waals surface area contributed by atoms with Gasteiger partial charge in [0.1, 0.15) is 5.75 Å². The minimum atomic E-state index is -0.249. The van der Waals surface area contributed by atoms with Crippen molar-refractivity contribution in [2.75, 3.05) is 12.1 Å². The predicted molar refractivity (Wildman–Crippen MR) is 150 cm³/mol. The van der Waals surface area contributed by atoms with Crippen molar-refractivity contribution in [3.63, 3.8) is 0 Å². The SMILES string of the molecule is COc1ccc2nc(N(/N=C/c3ccc(Br)cc3)C(=O)c3ccc(Cc4ccccc4)cc3)sc2c1. The number of halogens is 1. The Morgan fingerprint density at radius 2 is 1.69 bits per heavy atom. The van der Waals surface area contributed by atoms with Gasteiger partial charge in [0, 0.05) is 10.0 Å². The van der Waals surface area contributed by atoms with Crippen LogP contribution in [0.25, 0.3) is 10.2 Å². The van der Waals surface area contributed by atoms with Gasteiger partial charge in [-0.3, -0.25) is 4.79 Å². The van der Waals surface area contributed by atoms with Gasteiger partial charge in [-0.15, -0.1) is 0 Å². The van der Waals surface area contributed by atoms with Crippen LogP contribution in [0.2, 0.25) is 0 Å². The fourth-order valence-electron chi connectivity index (χ4n) is 3.69. The molecule has 0 unspecified atom stereocenters. The number of hydrogen-bond donors (Lipinski definition) is 0. The monoisotopic (exact) mass is 555 g/mol. The molecule has 5 aromatic rings. The van der Waals surface area contributed by atoms with Crippen LogP contribution >= 0.6 is 27.3 Å². The summed E-state index contributed by atoms with van der Waals surface area (Å²) in [6.45, 7) is 0. The van der Waals surface area contributed by atoms with E-state index < -0.39 is 0 Å². The second-order valence-corrected chi connectivity index (χ2v) is 10.0. The maximum Gasteiger partial charge on any atom is 0.280 e. The van der Waals surface area contributed by atoms with Crippen LogP contribution < -0.4 is 9.75 Å². The minimum Gasteiger partial charge on any atom is -0.497 e. The molecule has 0 fully saturated rings. The molecule has 0 saturated heterocycles. The molecule has 0 saturated carbocycles. The first-order valence-electron chi connectivity index (χ1n) is 11.3. The Labute approximate surface area is 221 Å². The smallest absolute Gasteiger partial charge is 0.280 e. The van der Waals surface area contributed by atoms with Crippen molar-refractivity contribution in [3.05, 3.63) is 124 Å². The summed E-state index contributed by atoms with van der Waals surface area (Å²) < 4.78 is 7.23. The minimum absolute atomic E-state index is 0.249. The Morgan fingerprint density at radius 1 is 0.972 bits per heavy atom. The molecule has 0 atom stereocenters. The van der Waals surface area contributed by atoms with E-state index in [1.807, 2.05) is 84.9 Å². The van der Waals surface area contributed by atoms with E-state index in [9.17, 15) is 4.79 Å². The Bertz CT molecular complexity index is 1510. The lowest BCUT2D eigenvalue weighted by Crippen LogP contribution is -2.25. The third kappa shape index (κ3) is 5.53. The van der Waals surface area contributed by atoms with Crippen molar-refractivity contribution in [1.82, 2.24) is 4.98 Å². The number of hydrogen-bond acceptors (Lipinski definition) is 5. The zero-order valence-corrected chi connectivity index (χ0v) is 21.9.